The van der Waals surface area contributed by atoms with Crippen LogP contribution in [0, 0.1) is 6.92 Å². The van der Waals surface area contributed by atoms with Crippen LogP contribution < -0.4 is 0 Å². The Morgan fingerprint density at radius 2 is 2.14 bits per heavy atom. The van der Waals surface area contributed by atoms with Crippen molar-refractivity contribution in [3.8, 4) is 0 Å². The third kappa shape index (κ3) is 2.76. The molecule has 0 atom stereocenters. The molecule has 3 heterocycles. The highest BCUT2D eigenvalue weighted by Gasteiger charge is 2.14. The van der Waals surface area contributed by atoms with Crippen molar-refractivity contribution in [1.82, 2.24) is 24.3 Å². The molecule has 3 rings (SSSR count). The van der Waals surface area contributed by atoms with Crippen LogP contribution in [0.25, 0.3) is 11.2 Å². The van der Waals surface area contributed by atoms with Crippen LogP contribution in [0.1, 0.15) is 17.1 Å². The number of alkyl halides is 1. The van der Waals surface area contributed by atoms with Gasteiger partial charge in [-0.2, -0.15) is 5.10 Å². The van der Waals surface area contributed by atoms with Crippen LogP contribution in [-0.4, -0.2) is 30.2 Å². The summed E-state index contributed by atoms with van der Waals surface area (Å²) in [6, 6.07) is 1.83. The highest BCUT2D eigenvalue weighted by Crippen LogP contribution is 2.20. The number of hydrogen-bond acceptors (Lipinski definition) is 3. The van der Waals surface area contributed by atoms with E-state index in [1.165, 1.54) is 0 Å². The van der Waals surface area contributed by atoms with E-state index in [2.05, 4.69) is 19.6 Å². The van der Waals surface area contributed by atoms with Gasteiger partial charge in [0.05, 0.1) is 17.3 Å². The van der Waals surface area contributed by atoms with Crippen LogP contribution in [0.4, 0.5) is 0 Å². The lowest BCUT2D eigenvalue weighted by Crippen LogP contribution is -2.07. The second-order valence-corrected chi connectivity index (χ2v) is 5.78. The molecule has 21 heavy (non-hydrogen) atoms. The maximum atomic E-state index is 5.99. The molecular weight excluding hydrogens is 309 g/mol. The fraction of sp³-hybridized carbons (Fsp3) is 0.357. The van der Waals surface area contributed by atoms with E-state index < -0.39 is 0 Å². The summed E-state index contributed by atoms with van der Waals surface area (Å²) >= 11 is 11.9. The summed E-state index contributed by atoms with van der Waals surface area (Å²) in [6.45, 7) is 2.68. The molecule has 0 unspecified atom stereocenters. The van der Waals surface area contributed by atoms with E-state index in [0.717, 1.165) is 28.2 Å². The molecule has 0 aliphatic heterocycles. The molecule has 0 amide bonds. The Morgan fingerprint density at radius 3 is 2.81 bits per heavy atom. The van der Waals surface area contributed by atoms with Crippen molar-refractivity contribution < 1.29 is 0 Å². The normalized spacial score (nSPS) is 11.4. The number of imidazole rings is 1. The minimum absolute atomic E-state index is 0.517. The third-order valence-corrected chi connectivity index (χ3v) is 3.79. The first kappa shape index (κ1) is 14.4. The van der Waals surface area contributed by atoms with Crippen LogP contribution in [0.3, 0.4) is 0 Å². The first-order valence-corrected chi connectivity index (χ1v) is 7.55. The van der Waals surface area contributed by atoms with Crippen molar-refractivity contribution in [2.45, 2.75) is 19.9 Å². The van der Waals surface area contributed by atoms with Gasteiger partial charge in [0.2, 0.25) is 0 Å². The number of hydrogen-bond donors (Lipinski definition) is 0. The Balaban J connectivity index is 2.10. The van der Waals surface area contributed by atoms with Gasteiger partial charge in [0.1, 0.15) is 11.3 Å². The van der Waals surface area contributed by atoms with E-state index in [0.29, 0.717) is 23.9 Å². The van der Waals surface area contributed by atoms with Crippen molar-refractivity contribution in [2.75, 3.05) is 5.88 Å². The number of rotatable bonds is 4. The van der Waals surface area contributed by atoms with Crippen LogP contribution >= 0.6 is 23.2 Å². The van der Waals surface area contributed by atoms with E-state index in [1.54, 1.807) is 6.20 Å². The maximum Gasteiger partial charge on any atom is 0.160 e. The highest BCUT2D eigenvalue weighted by atomic mass is 35.5. The second kappa shape index (κ2) is 5.66. The highest BCUT2D eigenvalue weighted by molar-refractivity contribution is 6.31. The molecule has 0 aliphatic carbocycles. The molecule has 0 aliphatic rings. The standard InChI is InChI=1S/C14H15Cl2N5/c1-9-10(7-20(2)19-9)8-21-13(3-4-15)18-12-5-11(16)6-17-14(12)21/h5-7H,3-4,8H2,1-2H3. The summed E-state index contributed by atoms with van der Waals surface area (Å²) in [7, 11) is 1.92. The zero-order valence-electron chi connectivity index (χ0n) is 11.8. The average molecular weight is 324 g/mol. The molecule has 0 fully saturated rings. The molecule has 3 aromatic heterocycles. The zero-order chi connectivity index (χ0) is 15.0. The topological polar surface area (TPSA) is 48.5 Å². The smallest absolute Gasteiger partial charge is 0.160 e. The van der Waals surface area contributed by atoms with Gasteiger partial charge in [0.25, 0.3) is 0 Å². The monoisotopic (exact) mass is 323 g/mol. The van der Waals surface area contributed by atoms with Gasteiger partial charge in [-0.25, -0.2) is 9.97 Å². The quantitative estimate of drug-likeness (QED) is 0.693. The average Bonchev–Trinajstić information content (AvgIpc) is 2.91. The fourth-order valence-electron chi connectivity index (χ4n) is 2.45. The molecule has 5 nitrogen and oxygen atoms in total. The lowest BCUT2D eigenvalue weighted by molar-refractivity contribution is 0.742. The van der Waals surface area contributed by atoms with Crippen LogP contribution in [-0.2, 0) is 20.0 Å². The second-order valence-electron chi connectivity index (χ2n) is 4.96. The van der Waals surface area contributed by atoms with Crippen LogP contribution in [0.5, 0.6) is 0 Å². The Bertz CT molecular complexity index is 790. The summed E-state index contributed by atoms with van der Waals surface area (Å²) in [5.74, 6) is 1.43. The molecule has 0 N–H and O–H groups in total. The van der Waals surface area contributed by atoms with Crippen LogP contribution in [0.15, 0.2) is 18.5 Å². The first-order chi connectivity index (χ1) is 10.1. The molecule has 7 heteroatoms. The van der Waals surface area contributed by atoms with Gasteiger partial charge >= 0.3 is 0 Å². The fourth-order valence-corrected chi connectivity index (χ4v) is 2.77. The molecule has 0 bridgehead atoms. The van der Waals surface area contributed by atoms with E-state index in [-0.39, 0.29) is 0 Å². The summed E-state index contributed by atoms with van der Waals surface area (Å²) in [5.41, 5.74) is 3.77. The Labute approximate surface area is 132 Å². The van der Waals surface area contributed by atoms with Crippen molar-refractivity contribution >= 4 is 34.4 Å². The number of aromatic nitrogens is 5. The van der Waals surface area contributed by atoms with Crippen molar-refractivity contribution in [2.24, 2.45) is 7.05 Å². The Hall–Kier alpha value is -1.59. The summed E-state index contributed by atoms with van der Waals surface area (Å²) in [6.07, 6.45) is 4.35. The molecule has 0 aromatic carbocycles. The summed E-state index contributed by atoms with van der Waals surface area (Å²) in [5, 5.41) is 4.96. The van der Waals surface area contributed by atoms with E-state index in [1.807, 2.05) is 30.9 Å². The number of aryl methyl sites for hydroxylation is 3. The molecular formula is C14H15Cl2N5. The van der Waals surface area contributed by atoms with E-state index in [4.69, 9.17) is 23.2 Å². The minimum Gasteiger partial charge on any atom is -0.308 e. The number of fused-ring (bicyclic) bond motifs is 1. The van der Waals surface area contributed by atoms with Crippen molar-refractivity contribution in [3.05, 3.63) is 40.6 Å². The largest absolute Gasteiger partial charge is 0.308 e. The van der Waals surface area contributed by atoms with Gasteiger partial charge in [-0.1, -0.05) is 11.6 Å². The molecule has 0 radical (unpaired) electrons. The van der Waals surface area contributed by atoms with Crippen molar-refractivity contribution in [1.29, 1.82) is 0 Å². The molecule has 110 valence electrons. The molecule has 0 spiro atoms. The SMILES string of the molecule is Cc1nn(C)cc1Cn1c(CCCl)nc2cc(Cl)cnc21. The van der Waals surface area contributed by atoms with Gasteiger partial charge in [-0.15, -0.1) is 11.6 Å². The summed E-state index contributed by atoms with van der Waals surface area (Å²) in [4.78, 5) is 9.01. The summed E-state index contributed by atoms with van der Waals surface area (Å²) < 4.78 is 3.90. The number of pyridine rings is 1. The third-order valence-electron chi connectivity index (χ3n) is 3.39. The zero-order valence-corrected chi connectivity index (χ0v) is 13.4. The molecule has 0 saturated carbocycles. The minimum atomic E-state index is 0.517. The number of halogens is 2. The van der Waals surface area contributed by atoms with Crippen LogP contribution in [0.2, 0.25) is 5.02 Å². The molecule has 0 saturated heterocycles. The van der Waals surface area contributed by atoms with Gasteiger partial charge in [0.15, 0.2) is 5.65 Å². The van der Waals surface area contributed by atoms with E-state index in [9.17, 15) is 0 Å². The maximum absolute atomic E-state index is 5.99. The lowest BCUT2D eigenvalue weighted by atomic mass is 10.2. The molecule has 3 aromatic rings. The first-order valence-electron chi connectivity index (χ1n) is 6.64. The van der Waals surface area contributed by atoms with Gasteiger partial charge in [0, 0.05) is 37.3 Å². The van der Waals surface area contributed by atoms with Crippen molar-refractivity contribution in [3.63, 3.8) is 0 Å². The van der Waals surface area contributed by atoms with Gasteiger partial charge < -0.3 is 4.57 Å². The van der Waals surface area contributed by atoms with Gasteiger partial charge in [-0.05, 0) is 13.0 Å². The predicted molar refractivity (Wildman–Crippen MR) is 84.0 cm³/mol. The predicted octanol–water partition coefficient (Wildman–Crippen LogP) is 2.96. The lowest BCUT2D eigenvalue weighted by Gasteiger charge is -2.07. The van der Waals surface area contributed by atoms with Gasteiger partial charge in [-0.3, -0.25) is 4.68 Å². The Morgan fingerprint density at radius 1 is 1.33 bits per heavy atom. The Kier molecular flexibility index (Phi) is 3.87. The van der Waals surface area contributed by atoms with E-state index >= 15 is 0 Å². The number of nitrogens with zero attached hydrogens (tertiary/aromatic N) is 5.